The van der Waals surface area contributed by atoms with Crippen LogP contribution in [0.5, 0.6) is 0 Å². The van der Waals surface area contributed by atoms with Crippen LogP contribution in [0.15, 0.2) is 28.7 Å². The molecule has 2 nitrogen and oxygen atoms in total. The molecule has 1 saturated carbocycles. The topological polar surface area (TPSA) is 20.3 Å². The van der Waals surface area contributed by atoms with Crippen LogP contribution in [0.25, 0.3) is 0 Å². The maximum atomic E-state index is 12.3. The van der Waals surface area contributed by atoms with Gasteiger partial charge in [0.25, 0.3) is 0 Å². The molecule has 3 heteroatoms. The van der Waals surface area contributed by atoms with Crippen molar-refractivity contribution in [2.75, 3.05) is 13.1 Å². The van der Waals surface area contributed by atoms with Crippen molar-refractivity contribution >= 4 is 21.7 Å². The summed E-state index contributed by atoms with van der Waals surface area (Å²) in [5.74, 6) is 1.17. The van der Waals surface area contributed by atoms with Gasteiger partial charge in [-0.3, -0.25) is 9.69 Å². The van der Waals surface area contributed by atoms with Gasteiger partial charge in [0, 0.05) is 29.0 Å². The molecule has 0 N–H and O–H groups in total. The fourth-order valence-corrected chi connectivity index (χ4v) is 4.35. The van der Waals surface area contributed by atoms with E-state index in [0.29, 0.717) is 6.42 Å². The van der Waals surface area contributed by atoms with Gasteiger partial charge in [0.05, 0.1) is 0 Å². The number of carbonyl (C=O) groups excluding carboxylic acids is 1. The van der Waals surface area contributed by atoms with E-state index in [9.17, 15) is 4.79 Å². The SMILES string of the molecule is O=C(CCN1CCC2CCCCC21)c1ccccc1Br. The largest absolute Gasteiger partial charge is 0.300 e. The first-order chi connectivity index (χ1) is 9.75. The zero-order valence-electron chi connectivity index (χ0n) is 11.9. The molecule has 1 saturated heterocycles. The Bertz CT molecular complexity index is 488. The molecule has 1 aliphatic carbocycles. The number of nitrogens with zero attached hydrogens (tertiary/aromatic N) is 1. The van der Waals surface area contributed by atoms with E-state index in [1.807, 2.05) is 24.3 Å². The Morgan fingerprint density at radius 2 is 2.00 bits per heavy atom. The van der Waals surface area contributed by atoms with Crippen LogP contribution >= 0.6 is 15.9 Å². The smallest absolute Gasteiger partial charge is 0.165 e. The average molecular weight is 336 g/mol. The van der Waals surface area contributed by atoms with E-state index in [1.54, 1.807) is 0 Å². The summed E-state index contributed by atoms with van der Waals surface area (Å²) in [4.78, 5) is 14.9. The van der Waals surface area contributed by atoms with Gasteiger partial charge in [-0.1, -0.05) is 47.0 Å². The second-order valence-electron chi connectivity index (χ2n) is 6.09. The lowest BCUT2D eigenvalue weighted by molar-refractivity contribution is 0.0950. The number of ketones is 1. The van der Waals surface area contributed by atoms with Crippen LogP contribution < -0.4 is 0 Å². The molecule has 0 bridgehead atoms. The number of halogens is 1. The summed E-state index contributed by atoms with van der Waals surface area (Å²) < 4.78 is 0.918. The van der Waals surface area contributed by atoms with Crippen molar-refractivity contribution < 1.29 is 4.79 Å². The summed E-state index contributed by atoms with van der Waals surface area (Å²) in [5, 5.41) is 0. The van der Waals surface area contributed by atoms with Gasteiger partial charge in [-0.15, -0.1) is 0 Å². The molecule has 20 heavy (non-hydrogen) atoms. The van der Waals surface area contributed by atoms with Crippen molar-refractivity contribution in [2.24, 2.45) is 5.92 Å². The molecule has 3 rings (SSSR count). The van der Waals surface area contributed by atoms with Crippen LogP contribution in [0.4, 0.5) is 0 Å². The lowest BCUT2D eigenvalue weighted by Crippen LogP contribution is -2.36. The monoisotopic (exact) mass is 335 g/mol. The number of hydrogen-bond acceptors (Lipinski definition) is 2. The number of benzene rings is 1. The first-order valence-electron chi connectivity index (χ1n) is 7.77. The van der Waals surface area contributed by atoms with Gasteiger partial charge in [-0.25, -0.2) is 0 Å². The van der Waals surface area contributed by atoms with Gasteiger partial charge < -0.3 is 0 Å². The molecule has 0 aromatic heterocycles. The number of Topliss-reactive ketones (excluding diaryl/α,β-unsaturated/α-hetero) is 1. The van der Waals surface area contributed by atoms with E-state index in [4.69, 9.17) is 0 Å². The van der Waals surface area contributed by atoms with Gasteiger partial charge in [0.15, 0.2) is 5.78 Å². The van der Waals surface area contributed by atoms with Crippen LogP contribution in [0, 0.1) is 5.92 Å². The van der Waals surface area contributed by atoms with Crippen LogP contribution in [0.1, 0.15) is 48.9 Å². The predicted octanol–water partition coefficient (Wildman–Crippen LogP) is 4.29. The Hall–Kier alpha value is -0.670. The molecule has 0 amide bonds. The van der Waals surface area contributed by atoms with E-state index < -0.39 is 0 Å². The standard InChI is InChI=1S/C17H22BrNO/c18-15-7-3-2-6-14(15)17(20)10-12-19-11-9-13-5-1-4-8-16(13)19/h2-3,6-7,13,16H,1,4-5,8-12H2. The highest BCUT2D eigenvalue weighted by Gasteiger charge is 2.35. The van der Waals surface area contributed by atoms with E-state index in [-0.39, 0.29) is 5.78 Å². The molecule has 2 fully saturated rings. The fraction of sp³-hybridized carbons (Fsp3) is 0.588. The molecule has 0 spiro atoms. The number of fused-ring (bicyclic) bond motifs is 1. The molecular weight excluding hydrogens is 314 g/mol. The highest BCUT2D eigenvalue weighted by Crippen LogP contribution is 2.36. The maximum absolute atomic E-state index is 12.3. The number of hydrogen-bond donors (Lipinski definition) is 0. The van der Waals surface area contributed by atoms with E-state index >= 15 is 0 Å². The molecule has 1 aromatic rings. The molecule has 1 heterocycles. The Labute approximate surface area is 129 Å². The zero-order chi connectivity index (χ0) is 13.9. The van der Waals surface area contributed by atoms with Gasteiger partial charge in [-0.2, -0.15) is 0 Å². The minimum absolute atomic E-state index is 0.261. The van der Waals surface area contributed by atoms with Gasteiger partial charge in [0.2, 0.25) is 0 Å². The normalized spacial score (nSPS) is 26.4. The van der Waals surface area contributed by atoms with E-state index in [0.717, 1.165) is 28.5 Å². The van der Waals surface area contributed by atoms with Crippen molar-refractivity contribution in [3.63, 3.8) is 0 Å². The van der Waals surface area contributed by atoms with Crippen molar-refractivity contribution in [3.8, 4) is 0 Å². The number of carbonyl (C=O) groups is 1. The third-order valence-corrected chi connectivity index (χ3v) is 5.62. The van der Waals surface area contributed by atoms with Crippen molar-refractivity contribution in [3.05, 3.63) is 34.3 Å². The zero-order valence-corrected chi connectivity index (χ0v) is 13.4. The first kappa shape index (κ1) is 14.3. The number of likely N-dealkylation sites (tertiary alicyclic amines) is 1. The fourth-order valence-electron chi connectivity index (χ4n) is 3.85. The van der Waals surface area contributed by atoms with Gasteiger partial charge in [0.1, 0.15) is 0 Å². The molecule has 2 aliphatic rings. The lowest BCUT2D eigenvalue weighted by atomic mass is 9.85. The van der Waals surface area contributed by atoms with Crippen LogP contribution in [-0.4, -0.2) is 29.8 Å². The quantitative estimate of drug-likeness (QED) is 0.765. The second kappa shape index (κ2) is 6.40. The maximum Gasteiger partial charge on any atom is 0.165 e. The molecule has 1 aromatic carbocycles. The summed E-state index contributed by atoms with van der Waals surface area (Å²) in [6, 6.07) is 8.51. The Balaban J connectivity index is 1.57. The second-order valence-corrected chi connectivity index (χ2v) is 6.94. The van der Waals surface area contributed by atoms with E-state index in [2.05, 4.69) is 20.8 Å². The molecule has 1 aliphatic heterocycles. The first-order valence-corrected chi connectivity index (χ1v) is 8.57. The summed E-state index contributed by atoms with van der Waals surface area (Å²) in [5.41, 5.74) is 0.826. The minimum atomic E-state index is 0.261. The lowest BCUT2D eigenvalue weighted by Gasteiger charge is -2.31. The molecule has 2 unspecified atom stereocenters. The Morgan fingerprint density at radius 1 is 1.20 bits per heavy atom. The van der Waals surface area contributed by atoms with Crippen LogP contribution in [-0.2, 0) is 0 Å². The van der Waals surface area contributed by atoms with Crippen molar-refractivity contribution in [1.82, 2.24) is 4.90 Å². The summed E-state index contributed by atoms with van der Waals surface area (Å²) in [6.07, 6.45) is 7.51. The van der Waals surface area contributed by atoms with Crippen molar-refractivity contribution in [1.29, 1.82) is 0 Å². The van der Waals surface area contributed by atoms with Crippen LogP contribution in [0.2, 0.25) is 0 Å². The molecular formula is C17H22BrNO. The average Bonchev–Trinajstić information content (AvgIpc) is 2.88. The highest BCUT2D eigenvalue weighted by atomic mass is 79.9. The third kappa shape index (κ3) is 2.99. The van der Waals surface area contributed by atoms with E-state index in [1.165, 1.54) is 38.6 Å². The summed E-state index contributed by atoms with van der Waals surface area (Å²) in [7, 11) is 0. The number of rotatable bonds is 4. The van der Waals surface area contributed by atoms with Gasteiger partial charge >= 0.3 is 0 Å². The van der Waals surface area contributed by atoms with Crippen molar-refractivity contribution in [2.45, 2.75) is 44.6 Å². The Morgan fingerprint density at radius 3 is 2.85 bits per heavy atom. The molecule has 2 atom stereocenters. The predicted molar refractivity (Wildman–Crippen MR) is 85.0 cm³/mol. The minimum Gasteiger partial charge on any atom is -0.300 e. The summed E-state index contributed by atoms with van der Waals surface area (Å²) in [6.45, 7) is 2.12. The van der Waals surface area contributed by atoms with Crippen LogP contribution in [0.3, 0.4) is 0 Å². The van der Waals surface area contributed by atoms with Gasteiger partial charge in [-0.05, 0) is 37.8 Å². The molecule has 0 radical (unpaired) electrons. The third-order valence-electron chi connectivity index (χ3n) is 4.93. The Kier molecular flexibility index (Phi) is 4.57. The highest BCUT2D eigenvalue weighted by molar-refractivity contribution is 9.10. The molecule has 108 valence electrons. The summed E-state index contributed by atoms with van der Waals surface area (Å²) >= 11 is 3.47.